The summed E-state index contributed by atoms with van der Waals surface area (Å²) < 4.78 is 18.3. The molecule has 3 nitrogen and oxygen atoms in total. The van der Waals surface area contributed by atoms with Crippen molar-refractivity contribution >= 4 is 30.2 Å². The first-order valence-corrected chi connectivity index (χ1v) is 6.76. The minimum Gasteiger partial charge on any atom is -0.489 e. The van der Waals surface area contributed by atoms with Gasteiger partial charge in [-0.1, -0.05) is 11.6 Å². The first kappa shape index (κ1) is 13.5. The molecule has 98 valence electrons. The molecule has 6 heteroatoms. The molecule has 0 aromatic heterocycles. The quantitative estimate of drug-likeness (QED) is 0.797. The van der Waals surface area contributed by atoms with Crippen LogP contribution in [-0.2, 0) is 4.79 Å². The van der Waals surface area contributed by atoms with Gasteiger partial charge in [0.25, 0.3) is 0 Å². The number of amides is 1. The first-order chi connectivity index (χ1) is 8.72. The molecule has 0 unspecified atom stereocenters. The molecule has 0 aliphatic carbocycles. The SMILES string of the molecule is O=CN1CCC(Oc2cc(SF)ccc2Cl)CC1. The smallest absolute Gasteiger partial charge is 0.209 e. The molecular formula is C12H13ClFNO2S. The van der Waals surface area contributed by atoms with E-state index in [9.17, 15) is 8.68 Å². The number of benzene rings is 1. The van der Waals surface area contributed by atoms with Crippen molar-refractivity contribution in [2.45, 2.75) is 23.8 Å². The molecule has 1 heterocycles. The third-order valence-electron chi connectivity index (χ3n) is 2.91. The van der Waals surface area contributed by atoms with E-state index in [0.717, 1.165) is 19.3 Å². The molecule has 1 aliphatic heterocycles. The molecule has 0 atom stereocenters. The van der Waals surface area contributed by atoms with Crippen LogP contribution in [0.3, 0.4) is 0 Å². The minimum atomic E-state index is 0.0264. The van der Waals surface area contributed by atoms with Crippen LogP contribution in [-0.4, -0.2) is 30.5 Å². The van der Waals surface area contributed by atoms with Crippen LogP contribution in [0.25, 0.3) is 0 Å². The Balaban J connectivity index is 1.99. The van der Waals surface area contributed by atoms with Crippen LogP contribution >= 0.6 is 23.7 Å². The van der Waals surface area contributed by atoms with Gasteiger partial charge in [0.1, 0.15) is 11.9 Å². The standard InChI is InChI=1S/C12H13ClFNO2S/c13-11-2-1-10(18-14)7-12(11)17-9-3-5-15(8-16)6-4-9/h1-2,7-9H,3-6H2. The van der Waals surface area contributed by atoms with Gasteiger partial charge in [0, 0.05) is 30.8 Å². The lowest BCUT2D eigenvalue weighted by Crippen LogP contribution is -2.37. The van der Waals surface area contributed by atoms with Gasteiger partial charge in [-0.25, -0.2) is 0 Å². The van der Waals surface area contributed by atoms with Crippen LogP contribution in [0.1, 0.15) is 12.8 Å². The fraction of sp³-hybridized carbons (Fsp3) is 0.417. The number of carbonyl (C=O) groups is 1. The first-order valence-electron chi connectivity index (χ1n) is 5.67. The third kappa shape index (κ3) is 3.29. The lowest BCUT2D eigenvalue weighted by Gasteiger charge is -2.29. The van der Waals surface area contributed by atoms with Crippen molar-refractivity contribution in [3.05, 3.63) is 23.2 Å². The number of rotatable bonds is 4. The summed E-state index contributed by atoms with van der Waals surface area (Å²) in [6.07, 6.45) is 2.41. The van der Waals surface area contributed by atoms with Gasteiger partial charge < -0.3 is 9.64 Å². The van der Waals surface area contributed by atoms with Gasteiger partial charge in [0.2, 0.25) is 6.41 Å². The summed E-state index contributed by atoms with van der Waals surface area (Å²) in [6.45, 7) is 1.37. The van der Waals surface area contributed by atoms with Gasteiger partial charge in [0.05, 0.1) is 17.2 Å². The van der Waals surface area contributed by atoms with E-state index in [1.807, 2.05) is 0 Å². The van der Waals surface area contributed by atoms with Crippen LogP contribution in [0, 0.1) is 0 Å². The summed E-state index contributed by atoms with van der Waals surface area (Å²) in [5, 5.41) is 0.477. The predicted molar refractivity (Wildman–Crippen MR) is 69.7 cm³/mol. The van der Waals surface area contributed by atoms with E-state index in [1.54, 1.807) is 23.1 Å². The molecule has 0 radical (unpaired) electrons. The van der Waals surface area contributed by atoms with Crippen molar-refractivity contribution in [2.24, 2.45) is 0 Å². The van der Waals surface area contributed by atoms with Crippen molar-refractivity contribution in [2.75, 3.05) is 13.1 Å². The van der Waals surface area contributed by atoms with E-state index in [4.69, 9.17) is 16.3 Å². The minimum absolute atomic E-state index is 0.0264. The zero-order chi connectivity index (χ0) is 13.0. The zero-order valence-corrected chi connectivity index (χ0v) is 11.2. The molecule has 1 aromatic carbocycles. The fourth-order valence-corrected chi connectivity index (χ4v) is 2.33. The Morgan fingerprint density at radius 1 is 1.44 bits per heavy atom. The number of ether oxygens (including phenoxy) is 1. The molecule has 1 aromatic rings. The van der Waals surface area contributed by atoms with Crippen molar-refractivity contribution in [3.63, 3.8) is 0 Å². The Labute approximate surface area is 115 Å². The van der Waals surface area contributed by atoms with E-state index in [-0.39, 0.29) is 18.3 Å². The summed E-state index contributed by atoms with van der Waals surface area (Å²) in [6, 6.07) is 4.83. The summed E-state index contributed by atoms with van der Waals surface area (Å²) >= 11 is 6.17. The maximum atomic E-state index is 12.5. The average molecular weight is 290 g/mol. The second-order valence-corrected chi connectivity index (χ2v) is 5.16. The number of piperidine rings is 1. The molecule has 2 rings (SSSR count). The van der Waals surface area contributed by atoms with E-state index >= 15 is 0 Å². The number of carbonyl (C=O) groups excluding carboxylic acids is 1. The van der Waals surface area contributed by atoms with Gasteiger partial charge in [0.15, 0.2) is 0 Å². The fourth-order valence-electron chi connectivity index (χ4n) is 1.90. The van der Waals surface area contributed by atoms with Gasteiger partial charge in [-0.15, -0.1) is 0 Å². The van der Waals surface area contributed by atoms with Crippen molar-refractivity contribution in [3.8, 4) is 5.75 Å². The summed E-state index contributed by atoms with van der Waals surface area (Å²) in [5.74, 6) is 0.504. The van der Waals surface area contributed by atoms with E-state index in [0.29, 0.717) is 28.8 Å². The van der Waals surface area contributed by atoms with E-state index < -0.39 is 0 Å². The number of likely N-dealkylation sites (tertiary alicyclic amines) is 1. The van der Waals surface area contributed by atoms with E-state index in [1.165, 1.54) is 0 Å². The lowest BCUT2D eigenvalue weighted by atomic mass is 10.1. The second-order valence-electron chi connectivity index (χ2n) is 4.13. The van der Waals surface area contributed by atoms with Crippen LogP contribution in [0.5, 0.6) is 5.75 Å². The summed E-state index contributed by atoms with van der Waals surface area (Å²) in [7, 11) is 0. The van der Waals surface area contributed by atoms with Crippen molar-refractivity contribution in [1.29, 1.82) is 0 Å². The van der Waals surface area contributed by atoms with Crippen LogP contribution in [0.2, 0.25) is 5.02 Å². The maximum absolute atomic E-state index is 12.5. The number of hydrogen-bond donors (Lipinski definition) is 0. The molecule has 1 fully saturated rings. The highest BCUT2D eigenvalue weighted by molar-refractivity contribution is 7.94. The van der Waals surface area contributed by atoms with Gasteiger partial charge >= 0.3 is 0 Å². The van der Waals surface area contributed by atoms with Crippen LogP contribution in [0.15, 0.2) is 23.1 Å². The van der Waals surface area contributed by atoms with Crippen molar-refractivity contribution < 1.29 is 13.4 Å². The molecular weight excluding hydrogens is 277 g/mol. The normalized spacial score (nSPS) is 16.7. The highest BCUT2D eigenvalue weighted by Crippen LogP contribution is 2.32. The number of halogens is 2. The van der Waals surface area contributed by atoms with Gasteiger partial charge in [-0.2, -0.15) is 3.89 Å². The van der Waals surface area contributed by atoms with Gasteiger partial charge in [-0.05, 0) is 18.2 Å². The monoisotopic (exact) mass is 289 g/mol. The van der Waals surface area contributed by atoms with Gasteiger partial charge in [-0.3, -0.25) is 4.79 Å². The summed E-state index contributed by atoms with van der Waals surface area (Å²) in [5.41, 5.74) is 0. The number of nitrogens with zero attached hydrogens (tertiary/aromatic N) is 1. The Morgan fingerprint density at radius 2 is 2.17 bits per heavy atom. The molecule has 0 saturated carbocycles. The topological polar surface area (TPSA) is 29.5 Å². The Bertz CT molecular complexity index is 425. The third-order valence-corrected chi connectivity index (χ3v) is 3.66. The Kier molecular flexibility index (Phi) is 4.72. The molecule has 0 N–H and O–H groups in total. The lowest BCUT2D eigenvalue weighted by molar-refractivity contribution is -0.119. The predicted octanol–water partition coefficient (Wildman–Crippen LogP) is 3.32. The maximum Gasteiger partial charge on any atom is 0.209 e. The van der Waals surface area contributed by atoms with Crippen LogP contribution < -0.4 is 4.74 Å². The molecule has 0 spiro atoms. The molecule has 1 amide bonds. The molecule has 1 saturated heterocycles. The van der Waals surface area contributed by atoms with Crippen LogP contribution in [0.4, 0.5) is 3.89 Å². The molecule has 0 bridgehead atoms. The van der Waals surface area contributed by atoms with Crippen molar-refractivity contribution in [1.82, 2.24) is 4.90 Å². The Morgan fingerprint density at radius 3 is 2.78 bits per heavy atom. The van der Waals surface area contributed by atoms with E-state index in [2.05, 4.69) is 0 Å². The molecule has 1 aliphatic rings. The summed E-state index contributed by atoms with van der Waals surface area (Å²) in [4.78, 5) is 12.8. The number of hydrogen-bond acceptors (Lipinski definition) is 3. The molecule has 18 heavy (non-hydrogen) atoms. The zero-order valence-electron chi connectivity index (χ0n) is 9.64. The second kappa shape index (κ2) is 6.29. The highest BCUT2D eigenvalue weighted by Gasteiger charge is 2.20. The largest absolute Gasteiger partial charge is 0.489 e. The highest BCUT2D eigenvalue weighted by atomic mass is 35.5. The average Bonchev–Trinajstić information content (AvgIpc) is 2.42. The Hall–Kier alpha value is -0.940.